The quantitative estimate of drug-likeness (QED) is 0.708. The number of hydrogen-bond donors (Lipinski definition) is 2. The summed E-state index contributed by atoms with van der Waals surface area (Å²) in [6.07, 6.45) is 9.33. The van der Waals surface area contributed by atoms with E-state index in [2.05, 4.69) is 20.2 Å². The highest BCUT2D eigenvalue weighted by Crippen LogP contribution is 2.30. The van der Waals surface area contributed by atoms with Crippen molar-refractivity contribution in [1.82, 2.24) is 29.5 Å². The number of aryl methyl sites for hydroxylation is 1. The third-order valence-electron chi connectivity index (χ3n) is 5.15. The van der Waals surface area contributed by atoms with E-state index in [1.165, 1.54) is 49.2 Å². The van der Waals surface area contributed by atoms with E-state index < -0.39 is 5.97 Å². The van der Waals surface area contributed by atoms with Crippen LogP contribution in [0.5, 0.6) is 5.88 Å². The second-order valence-electron chi connectivity index (χ2n) is 7.01. The molecule has 2 N–H and O–H groups in total. The van der Waals surface area contributed by atoms with E-state index in [0.29, 0.717) is 23.4 Å². The standard InChI is InChI=1S/C18H22N6O3/c1-2-13-14-15(23(22-13)9-11-6-4-3-5-7-11)16(25)21-18(20-14)24-10-12(8-19-24)17(26)27/h8,10-11H,2-7,9H2,1H3,(H,26,27)(H,20,21,25). The van der Waals surface area contributed by atoms with Crippen molar-refractivity contribution in [3.63, 3.8) is 0 Å². The molecule has 4 rings (SSSR count). The van der Waals surface area contributed by atoms with Crippen LogP contribution < -0.4 is 0 Å². The van der Waals surface area contributed by atoms with Crippen LogP contribution in [-0.4, -0.2) is 45.7 Å². The summed E-state index contributed by atoms with van der Waals surface area (Å²) in [5, 5.41) is 28.3. The van der Waals surface area contributed by atoms with Crippen LogP contribution in [0.1, 0.15) is 55.1 Å². The molecule has 0 amide bonds. The van der Waals surface area contributed by atoms with Crippen LogP contribution in [-0.2, 0) is 13.0 Å². The Balaban J connectivity index is 1.76. The van der Waals surface area contributed by atoms with E-state index in [1.807, 2.05) is 11.6 Å². The fraction of sp³-hybridized carbons (Fsp3) is 0.500. The van der Waals surface area contributed by atoms with Gasteiger partial charge >= 0.3 is 5.97 Å². The predicted octanol–water partition coefficient (Wildman–Crippen LogP) is 2.56. The third-order valence-corrected chi connectivity index (χ3v) is 5.15. The topological polar surface area (TPSA) is 119 Å². The number of carboxylic acids is 1. The van der Waals surface area contributed by atoms with E-state index >= 15 is 0 Å². The zero-order chi connectivity index (χ0) is 19.0. The smallest absolute Gasteiger partial charge is 0.338 e. The van der Waals surface area contributed by atoms with E-state index in [4.69, 9.17) is 5.11 Å². The van der Waals surface area contributed by atoms with Gasteiger partial charge in [0, 0.05) is 12.7 Å². The van der Waals surface area contributed by atoms with E-state index in [0.717, 1.165) is 12.2 Å². The van der Waals surface area contributed by atoms with Crippen molar-refractivity contribution in [3.05, 3.63) is 23.7 Å². The molecule has 9 heteroatoms. The number of hydrogen-bond acceptors (Lipinski definition) is 6. The monoisotopic (exact) mass is 370 g/mol. The highest BCUT2D eigenvalue weighted by atomic mass is 16.4. The van der Waals surface area contributed by atoms with Crippen molar-refractivity contribution in [2.24, 2.45) is 5.92 Å². The number of nitrogens with zero attached hydrogens (tertiary/aromatic N) is 6. The van der Waals surface area contributed by atoms with Crippen molar-refractivity contribution in [3.8, 4) is 11.8 Å². The molecule has 0 saturated heterocycles. The average Bonchev–Trinajstić information content (AvgIpc) is 3.28. The van der Waals surface area contributed by atoms with Gasteiger partial charge in [-0.2, -0.15) is 15.2 Å². The Labute approximate surface area is 155 Å². The van der Waals surface area contributed by atoms with Gasteiger partial charge in [0.05, 0.1) is 17.5 Å². The molecule has 0 spiro atoms. The second-order valence-corrected chi connectivity index (χ2v) is 7.01. The molecule has 1 fully saturated rings. The first-order chi connectivity index (χ1) is 13.1. The molecule has 27 heavy (non-hydrogen) atoms. The van der Waals surface area contributed by atoms with Crippen LogP contribution in [0.2, 0.25) is 0 Å². The number of carboxylic acid groups (broad SMARTS) is 1. The summed E-state index contributed by atoms with van der Waals surface area (Å²) in [6.45, 7) is 2.74. The molecule has 9 nitrogen and oxygen atoms in total. The SMILES string of the molecule is CCc1nn(CC2CCCCC2)c2c(O)nc(-n3cc(C(=O)O)cn3)nc12. The molecule has 0 bridgehead atoms. The summed E-state index contributed by atoms with van der Waals surface area (Å²) >= 11 is 0. The number of aromatic hydroxyl groups is 1. The minimum Gasteiger partial charge on any atom is -0.492 e. The fourth-order valence-corrected chi connectivity index (χ4v) is 3.74. The van der Waals surface area contributed by atoms with Crippen LogP contribution in [0.15, 0.2) is 12.4 Å². The van der Waals surface area contributed by atoms with Gasteiger partial charge in [0.2, 0.25) is 5.88 Å². The first-order valence-electron chi connectivity index (χ1n) is 9.31. The van der Waals surface area contributed by atoms with Gasteiger partial charge in [-0.05, 0) is 25.2 Å². The van der Waals surface area contributed by atoms with Gasteiger partial charge in [0.1, 0.15) is 11.0 Å². The largest absolute Gasteiger partial charge is 0.492 e. The molecule has 1 aliphatic rings. The Morgan fingerprint density at radius 2 is 2.04 bits per heavy atom. The van der Waals surface area contributed by atoms with Gasteiger partial charge < -0.3 is 10.2 Å². The lowest BCUT2D eigenvalue weighted by atomic mass is 9.89. The lowest BCUT2D eigenvalue weighted by molar-refractivity contribution is 0.0697. The Kier molecular flexibility index (Phi) is 4.51. The number of carbonyl (C=O) groups is 1. The van der Waals surface area contributed by atoms with Crippen LogP contribution >= 0.6 is 0 Å². The van der Waals surface area contributed by atoms with Gasteiger partial charge in [-0.15, -0.1) is 0 Å². The van der Waals surface area contributed by atoms with Crippen molar-refractivity contribution >= 4 is 17.0 Å². The number of fused-ring (bicyclic) bond motifs is 1. The Hall–Kier alpha value is -2.97. The minimum atomic E-state index is -1.08. The molecule has 0 aromatic carbocycles. The molecular formula is C18H22N6O3. The maximum Gasteiger partial charge on any atom is 0.338 e. The van der Waals surface area contributed by atoms with Crippen molar-refractivity contribution < 1.29 is 15.0 Å². The molecular weight excluding hydrogens is 348 g/mol. The van der Waals surface area contributed by atoms with E-state index in [1.54, 1.807) is 0 Å². The maximum atomic E-state index is 11.1. The zero-order valence-electron chi connectivity index (χ0n) is 15.2. The fourth-order valence-electron chi connectivity index (χ4n) is 3.74. The lowest BCUT2D eigenvalue weighted by Crippen LogP contribution is -2.15. The van der Waals surface area contributed by atoms with Crippen LogP contribution in [0.4, 0.5) is 0 Å². The van der Waals surface area contributed by atoms with Crippen molar-refractivity contribution in [1.29, 1.82) is 0 Å². The lowest BCUT2D eigenvalue weighted by Gasteiger charge is -2.21. The van der Waals surface area contributed by atoms with Gasteiger partial charge in [-0.3, -0.25) is 4.68 Å². The molecule has 3 heterocycles. The first-order valence-corrected chi connectivity index (χ1v) is 9.31. The summed E-state index contributed by atoms with van der Waals surface area (Å²) in [4.78, 5) is 19.7. The highest BCUT2D eigenvalue weighted by molar-refractivity contribution is 5.87. The summed E-state index contributed by atoms with van der Waals surface area (Å²) < 4.78 is 3.08. The summed E-state index contributed by atoms with van der Waals surface area (Å²) in [6, 6.07) is 0. The number of rotatable bonds is 5. The molecule has 3 aromatic rings. The summed E-state index contributed by atoms with van der Waals surface area (Å²) in [5.74, 6) is -0.569. The van der Waals surface area contributed by atoms with Gasteiger partial charge in [-0.25, -0.2) is 14.5 Å². The maximum absolute atomic E-state index is 11.1. The third kappa shape index (κ3) is 3.24. The Morgan fingerprint density at radius 3 is 2.70 bits per heavy atom. The average molecular weight is 370 g/mol. The van der Waals surface area contributed by atoms with E-state index in [-0.39, 0.29) is 17.4 Å². The van der Waals surface area contributed by atoms with Gasteiger partial charge in [0.25, 0.3) is 5.95 Å². The molecule has 1 saturated carbocycles. The molecule has 1 aliphatic carbocycles. The molecule has 142 valence electrons. The van der Waals surface area contributed by atoms with E-state index in [9.17, 15) is 9.90 Å². The summed E-state index contributed by atoms with van der Waals surface area (Å²) in [7, 11) is 0. The van der Waals surface area contributed by atoms with Crippen molar-refractivity contribution in [2.75, 3.05) is 0 Å². The molecule has 0 radical (unpaired) electrons. The molecule has 0 aliphatic heterocycles. The predicted molar refractivity (Wildman–Crippen MR) is 97.0 cm³/mol. The van der Waals surface area contributed by atoms with Crippen molar-refractivity contribution in [2.45, 2.75) is 52.0 Å². The molecule has 0 atom stereocenters. The van der Waals surface area contributed by atoms with Crippen LogP contribution in [0.3, 0.4) is 0 Å². The van der Waals surface area contributed by atoms with Gasteiger partial charge in [0.15, 0.2) is 0 Å². The van der Waals surface area contributed by atoms with Crippen LogP contribution in [0, 0.1) is 5.92 Å². The normalized spacial score (nSPS) is 15.4. The number of aromatic nitrogens is 6. The van der Waals surface area contributed by atoms with Crippen LogP contribution in [0.25, 0.3) is 17.0 Å². The second kappa shape index (κ2) is 6.98. The highest BCUT2D eigenvalue weighted by Gasteiger charge is 2.22. The zero-order valence-corrected chi connectivity index (χ0v) is 15.2. The summed E-state index contributed by atoms with van der Waals surface area (Å²) in [5.41, 5.74) is 1.93. The Bertz CT molecular complexity index is 987. The molecule has 3 aromatic heterocycles. The van der Waals surface area contributed by atoms with Gasteiger partial charge in [-0.1, -0.05) is 26.2 Å². The Morgan fingerprint density at radius 1 is 1.26 bits per heavy atom. The molecule has 0 unspecified atom stereocenters. The number of aromatic carboxylic acids is 1. The minimum absolute atomic E-state index is 0.0295. The first kappa shape index (κ1) is 17.4.